The first-order valence-corrected chi connectivity index (χ1v) is 12.0. The molecule has 0 saturated carbocycles. The normalized spacial score (nSPS) is 14.5. The minimum absolute atomic E-state index is 0.0335. The molecule has 2 aromatic heterocycles. The van der Waals surface area contributed by atoms with E-state index in [1.165, 1.54) is 5.56 Å². The fourth-order valence-electron chi connectivity index (χ4n) is 4.52. The lowest BCUT2D eigenvalue weighted by Crippen LogP contribution is -2.39. The van der Waals surface area contributed by atoms with Crippen molar-refractivity contribution in [1.82, 2.24) is 14.6 Å². The Morgan fingerprint density at radius 3 is 2.50 bits per heavy atom. The lowest BCUT2D eigenvalue weighted by atomic mass is 9.95. The first-order valence-electron chi connectivity index (χ1n) is 11.6. The van der Waals surface area contributed by atoms with E-state index in [2.05, 4.69) is 47.5 Å². The summed E-state index contributed by atoms with van der Waals surface area (Å²) in [5.41, 5.74) is 6.67. The molecule has 0 aliphatic carbocycles. The van der Waals surface area contributed by atoms with Crippen LogP contribution in [0.15, 0.2) is 54.6 Å². The van der Waals surface area contributed by atoms with Crippen molar-refractivity contribution in [1.29, 1.82) is 0 Å². The maximum absolute atomic E-state index is 12.9. The number of halogens is 1. The van der Waals surface area contributed by atoms with Crippen LogP contribution in [-0.2, 0) is 4.79 Å². The summed E-state index contributed by atoms with van der Waals surface area (Å²) in [6.07, 6.45) is 1.56. The topological polar surface area (TPSA) is 62.5 Å². The number of nitrogens with one attached hydrogen (secondary N) is 1. The van der Waals surface area contributed by atoms with E-state index in [0.29, 0.717) is 5.02 Å². The SMILES string of the molecule is Cc1ccc(-c2cc3nc(C)cc(N4CCC(C(=O)Nc5cccc(Cl)c5C)CC4)n3n2)cc1. The summed E-state index contributed by atoms with van der Waals surface area (Å²) >= 11 is 6.21. The van der Waals surface area contributed by atoms with Crippen LogP contribution >= 0.6 is 11.6 Å². The molecule has 7 heteroatoms. The van der Waals surface area contributed by atoms with Gasteiger partial charge in [0.25, 0.3) is 0 Å². The summed E-state index contributed by atoms with van der Waals surface area (Å²) < 4.78 is 1.93. The maximum Gasteiger partial charge on any atom is 0.227 e. The van der Waals surface area contributed by atoms with Crippen LogP contribution in [0.1, 0.15) is 29.7 Å². The molecular weight excluding hydrogens is 446 g/mol. The van der Waals surface area contributed by atoms with Crippen molar-refractivity contribution in [3.63, 3.8) is 0 Å². The molecule has 1 saturated heterocycles. The fourth-order valence-corrected chi connectivity index (χ4v) is 4.69. The molecule has 6 nitrogen and oxygen atoms in total. The van der Waals surface area contributed by atoms with Crippen LogP contribution in [0.5, 0.6) is 0 Å². The first kappa shape index (κ1) is 22.4. The molecule has 0 radical (unpaired) electrons. The number of aromatic nitrogens is 3. The summed E-state index contributed by atoms with van der Waals surface area (Å²) in [6.45, 7) is 7.58. The van der Waals surface area contributed by atoms with E-state index in [1.54, 1.807) is 0 Å². The summed E-state index contributed by atoms with van der Waals surface area (Å²) in [5.74, 6) is 1.04. The third-order valence-corrected chi connectivity index (χ3v) is 7.01. The van der Waals surface area contributed by atoms with Gasteiger partial charge in [-0.1, -0.05) is 47.5 Å². The number of anilines is 2. The van der Waals surface area contributed by atoms with Gasteiger partial charge in [-0.05, 0) is 51.3 Å². The third-order valence-electron chi connectivity index (χ3n) is 6.60. The number of hydrogen-bond acceptors (Lipinski definition) is 4. The Morgan fingerprint density at radius 2 is 1.76 bits per heavy atom. The van der Waals surface area contributed by atoms with Crippen molar-refractivity contribution >= 4 is 34.7 Å². The van der Waals surface area contributed by atoms with Gasteiger partial charge in [-0.25, -0.2) is 4.98 Å². The molecule has 1 fully saturated rings. The number of nitrogens with zero attached hydrogens (tertiary/aromatic N) is 4. The molecule has 5 rings (SSSR count). The zero-order valence-electron chi connectivity index (χ0n) is 19.7. The summed E-state index contributed by atoms with van der Waals surface area (Å²) in [6, 6.07) is 18.1. The highest BCUT2D eigenvalue weighted by molar-refractivity contribution is 6.31. The largest absolute Gasteiger partial charge is 0.356 e. The molecule has 0 spiro atoms. The number of aryl methyl sites for hydroxylation is 2. The van der Waals surface area contributed by atoms with Crippen LogP contribution in [0, 0.1) is 26.7 Å². The number of carbonyl (C=O) groups is 1. The Labute approximate surface area is 204 Å². The first-order chi connectivity index (χ1) is 16.4. The number of carbonyl (C=O) groups excluding carboxylic acids is 1. The Bertz CT molecular complexity index is 1350. The summed E-state index contributed by atoms with van der Waals surface area (Å²) in [5, 5.41) is 8.61. The molecule has 0 atom stereocenters. The number of rotatable bonds is 4. The number of benzene rings is 2. The van der Waals surface area contributed by atoms with Crippen LogP contribution in [0.2, 0.25) is 5.02 Å². The molecule has 1 aliphatic heterocycles. The van der Waals surface area contributed by atoms with Gasteiger partial charge in [0.2, 0.25) is 5.91 Å². The lowest BCUT2D eigenvalue weighted by molar-refractivity contribution is -0.120. The van der Waals surface area contributed by atoms with E-state index in [4.69, 9.17) is 21.7 Å². The number of fused-ring (bicyclic) bond motifs is 1. The number of piperidine rings is 1. The van der Waals surface area contributed by atoms with Crippen molar-refractivity contribution in [2.45, 2.75) is 33.6 Å². The minimum atomic E-state index is -0.0335. The van der Waals surface area contributed by atoms with Gasteiger partial charge in [0.15, 0.2) is 5.65 Å². The molecule has 174 valence electrons. The molecule has 0 unspecified atom stereocenters. The molecule has 1 N–H and O–H groups in total. The zero-order chi connectivity index (χ0) is 23.8. The average molecular weight is 474 g/mol. The Balaban J connectivity index is 1.33. The molecule has 1 amide bonds. The van der Waals surface area contributed by atoms with Gasteiger partial charge in [-0.15, -0.1) is 0 Å². The van der Waals surface area contributed by atoms with Crippen LogP contribution in [0.3, 0.4) is 0 Å². The Hall–Kier alpha value is -3.38. The molecular formula is C27H28ClN5O. The fraction of sp³-hybridized carbons (Fsp3) is 0.296. The van der Waals surface area contributed by atoms with Crippen molar-refractivity contribution in [3.8, 4) is 11.3 Å². The van der Waals surface area contributed by atoms with Crippen LogP contribution < -0.4 is 10.2 Å². The molecule has 2 aromatic carbocycles. The molecule has 1 aliphatic rings. The van der Waals surface area contributed by atoms with Crippen LogP contribution in [-0.4, -0.2) is 33.6 Å². The second-order valence-electron chi connectivity index (χ2n) is 9.08. The zero-order valence-corrected chi connectivity index (χ0v) is 20.4. The molecule has 3 heterocycles. The van der Waals surface area contributed by atoms with Crippen molar-refractivity contribution in [3.05, 3.63) is 76.4 Å². The number of amides is 1. The minimum Gasteiger partial charge on any atom is -0.356 e. The van der Waals surface area contributed by atoms with Gasteiger partial charge < -0.3 is 10.2 Å². The van der Waals surface area contributed by atoms with E-state index >= 15 is 0 Å². The van der Waals surface area contributed by atoms with Gasteiger partial charge in [-0.2, -0.15) is 9.61 Å². The van der Waals surface area contributed by atoms with Gasteiger partial charge in [-0.3, -0.25) is 4.79 Å². The van der Waals surface area contributed by atoms with E-state index in [9.17, 15) is 4.79 Å². The smallest absolute Gasteiger partial charge is 0.227 e. The van der Waals surface area contributed by atoms with E-state index in [0.717, 1.165) is 65.6 Å². The molecule has 0 bridgehead atoms. The maximum atomic E-state index is 12.9. The lowest BCUT2D eigenvalue weighted by Gasteiger charge is -2.33. The predicted molar refractivity (Wildman–Crippen MR) is 138 cm³/mol. The van der Waals surface area contributed by atoms with Crippen molar-refractivity contribution in [2.75, 3.05) is 23.3 Å². The van der Waals surface area contributed by atoms with E-state index in [1.807, 2.05) is 42.6 Å². The highest BCUT2D eigenvalue weighted by Gasteiger charge is 2.27. The van der Waals surface area contributed by atoms with Gasteiger partial charge in [0.05, 0.1) is 5.69 Å². The highest BCUT2D eigenvalue weighted by atomic mass is 35.5. The summed E-state index contributed by atoms with van der Waals surface area (Å²) in [7, 11) is 0. The Morgan fingerprint density at radius 1 is 1.03 bits per heavy atom. The van der Waals surface area contributed by atoms with E-state index < -0.39 is 0 Å². The van der Waals surface area contributed by atoms with Crippen LogP contribution in [0.4, 0.5) is 11.5 Å². The van der Waals surface area contributed by atoms with Gasteiger partial charge >= 0.3 is 0 Å². The van der Waals surface area contributed by atoms with Gasteiger partial charge in [0.1, 0.15) is 5.82 Å². The number of hydrogen-bond donors (Lipinski definition) is 1. The van der Waals surface area contributed by atoms with Crippen molar-refractivity contribution in [2.24, 2.45) is 5.92 Å². The average Bonchev–Trinajstić information content (AvgIpc) is 3.26. The quantitative estimate of drug-likeness (QED) is 0.405. The summed E-state index contributed by atoms with van der Waals surface area (Å²) in [4.78, 5) is 19.9. The molecule has 4 aromatic rings. The third kappa shape index (κ3) is 4.38. The monoisotopic (exact) mass is 473 g/mol. The van der Waals surface area contributed by atoms with Crippen LogP contribution in [0.25, 0.3) is 16.9 Å². The van der Waals surface area contributed by atoms with Gasteiger partial charge in [0, 0.05) is 53.1 Å². The Kier molecular flexibility index (Phi) is 6.00. The van der Waals surface area contributed by atoms with Crippen molar-refractivity contribution < 1.29 is 4.79 Å². The second-order valence-corrected chi connectivity index (χ2v) is 9.49. The van der Waals surface area contributed by atoms with E-state index in [-0.39, 0.29) is 11.8 Å². The second kappa shape index (κ2) is 9.11. The standard InChI is InChI=1S/C27H28ClN5O/c1-17-7-9-20(10-8-17)24-16-25-29-18(2)15-26(33(25)31-24)32-13-11-21(12-14-32)27(34)30-23-6-4-5-22(28)19(23)3/h4-10,15-16,21H,11-14H2,1-3H3,(H,30,34). The molecule has 34 heavy (non-hydrogen) atoms. The predicted octanol–water partition coefficient (Wildman–Crippen LogP) is 5.83. The highest BCUT2D eigenvalue weighted by Crippen LogP contribution is 2.29.